The molecule has 0 atom stereocenters. The maximum absolute atomic E-state index is 13.3. The SMILES string of the molecule is Cc1ccc(OCCCCC(C)(C)C(=O)O)cc1F. The highest BCUT2D eigenvalue weighted by atomic mass is 19.1. The molecule has 4 heteroatoms. The van der Waals surface area contributed by atoms with Crippen molar-refractivity contribution in [3.63, 3.8) is 0 Å². The summed E-state index contributed by atoms with van der Waals surface area (Å²) in [6.45, 7) is 5.60. The van der Waals surface area contributed by atoms with Gasteiger partial charge in [-0.25, -0.2) is 4.39 Å². The van der Waals surface area contributed by atoms with Crippen LogP contribution in [0.1, 0.15) is 38.7 Å². The van der Waals surface area contributed by atoms with Gasteiger partial charge in [-0.1, -0.05) is 6.07 Å². The molecule has 0 heterocycles. The fourth-order valence-electron chi connectivity index (χ4n) is 1.63. The van der Waals surface area contributed by atoms with Gasteiger partial charge in [-0.05, 0) is 51.7 Å². The van der Waals surface area contributed by atoms with Crippen LogP contribution in [-0.2, 0) is 4.79 Å². The molecule has 0 fully saturated rings. The van der Waals surface area contributed by atoms with Gasteiger partial charge < -0.3 is 9.84 Å². The number of carboxylic acids is 1. The molecule has 1 aromatic rings. The standard InChI is InChI=1S/C15H21FO3/c1-11-6-7-12(10-13(11)16)19-9-5-4-8-15(2,3)14(17)18/h6-7,10H,4-5,8-9H2,1-3H3,(H,17,18). The number of rotatable bonds is 7. The lowest BCUT2D eigenvalue weighted by molar-refractivity contribution is -0.147. The minimum atomic E-state index is -0.783. The summed E-state index contributed by atoms with van der Waals surface area (Å²) in [6.07, 6.45) is 2.13. The number of carbonyl (C=O) groups is 1. The van der Waals surface area contributed by atoms with Crippen LogP contribution >= 0.6 is 0 Å². The van der Waals surface area contributed by atoms with Gasteiger partial charge >= 0.3 is 5.97 Å². The molecule has 1 N–H and O–H groups in total. The second kappa shape index (κ2) is 6.55. The lowest BCUT2D eigenvalue weighted by atomic mass is 9.87. The summed E-state index contributed by atoms with van der Waals surface area (Å²) in [7, 11) is 0. The number of hydrogen-bond acceptors (Lipinski definition) is 2. The minimum Gasteiger partial charge on any atom is -0.493 e. The van der Waals surface area contributed by atoms with E-state index < -0.39 is 11.4 Å². The minimum absolute atomic E-state index is 0.274. The Morgan fingerprint density at radius 3 is 2.63 bits per heavy atom. The van der Waals surface area contributed by atoms with Gasteiger partial charge in [-0.15, -0.1) is 0 Å². The molecule has 0 radical (unpaired) electrons. The first-order valence-corrected chi connectivity index (χ1v) is 6.45. The number of halogens is 1. The van der Waals surface area contributed by atoms with E-state index in [1.165, 1.54) is 6.07 Å². The first kappa shape index (κ1) is 15.5. The number of carboxylic acid groups (broad SMARTS) is 1. The van der Waals surface area contributed by atoms with Crippen LogP contribution in [0.3, 0.4) is 0 Å². The third kappa shape index (κ3) is 4.89. The van der Waals surface area contributed by atoms with E-state index in [0.717, 1.165) is 12.8 Å². The first-order chi connectivity index (χ1) is 8.83. The molecule has 106 valence electrons. The number of unbranched alkanes of at least 4 members (excludes halogenated alkanes) is 1. The van der Waals surface area contributed by atoms with Gasteiger partial charge in [0, 0.05) is 6.07 Å². The molecular formula is C15H21FO3. The van der Waals surface area contributed by atoms with Crippen molar-refractivity contribution in [2.75, 3.05) is 6.61 Å². The molecule has 19 heavy (non-hydrogen) atoms. The topological polar surface area (TPSA) is 46.5 Å². The zero-order valence-electron chi connectivity index (χ0n) is 11.7. The number of ether oxygens (including phenoxy) is 1. The van der Waals surface area contributed by atoms with E-state index in [1.807, 2.05) is 0 Å². The summed E-state index contributed by atoms with van der Waals surface area (Å²) in [4.78, 5) is 10.9. The van der Waals surface area contributed by atoms with Crippen molar-refractivity contribution in [3.05, 3.63) is 29.6 Å². The monoisotopic (exact) mass is 268 g/mol. The molecule has 0 bridgehead atoms. The van der Waals surface area contributed by atoms with Crippen LogP contribution in [0.15, 0.2) is 18.2 Å². The summed E-state index contributed by atoms with van der Waals surface area (Å²) in [5.74, 6) is -0.542. The van der Waals surface area contributed by atoms with Crippen molar-refractivity contribution < 1.29 is 19.0 Å². The third-order valence-electron chi connectivity index (χ3n) is 3.19. The van der Waals surface area contributed by atoms with E-state index >= 15 is 0 Å². The Bertz CT molecular complexity index is 441. The molecule has 0 saturated carbocycles. The summed E-state index contributed by atoms with van der Waals surface area (Å²) in [5.41, 5.74) is -0.105. The van der Waals surface area contributed by atoms with Crippen molar-refractivity contribution in [1.82, 2.24) is 0 Å². The van der Waals surface area contributed by atoms with Crippen LogP contribution in [0.2, 0.25) is 0 Å². The molecule has 3 nitrogen and oxygen atoms in total. The maximum Gasteiger partial charge on any atom is 0.309 e. The van der Waals surface area contributed by atoms with Gasteiger partial charge in [0.05, 0.1) is 12.0 Å². The van der Waals surface area contributed by atoms with E-state index in [4.69, 9.17) is 9.84 Å². The van der Waals surface area contributed by atoms with Crippen LogP contribution in [0, 0.1) is 18.2 Å². The molecule has 0 aliphatic rings. The summed E-state index contributed by atoms with van der Waals surface area (Å²) in [6, 6.07) is 4.79. The summed E-state index contributed by atoms with van der Waals surface area (Å²) >= 11 is 0. The van der Waals surface area contributed by atoms with Crippen LogP contribution in [0.25, 0.3) is 0 Å². The zero-order chi connectivity index (χ0) is 14.5. The van der Waals surface area contributed by atoms with Gasteiger partial charge in [0.2, 0.25) is 0 Å². The van der Waals surface area contributed by atoms with E-state index in [0.29, 0.717) is 24.3 Å². The predicted molar refractivity (Wildman–Crippen MR) is 71.9 cm³/mol. The van der Waals surface area contributed by atoms with E-state index in [1.54, 1.807) is 32.9 Å². The summed E-state index contributed by atoms with van der Waals surface area (Å²) in [5, 5.41) is 8.96. The molecule has 0 unspecified atom stereocenters. The molecule has 1 rings (SSSR count). The fraction of sp³-hybridized carbons (Fsp3) is 0.533. The molecule has 0 aromatic heterocycles. The highest BCUT2D eigenvalue weighted by Crippen LogP contribution is 2.23. The lowest BCUT2D eigenvalue weighted by Crippen LogP contribution is -2.23. The molecular weight excluding hydrogens is 247 g/mol. The largest absolute Gasteiger partial charge is 0.493 e. The fourth-order valence-corrected chi connectivity index (χ4v) is 1.63. The van der Waals surface area contributed by atoms with Crippen LogP contribution in [0.4, 0.5) is 4.39 Å². The van der Waals surface area contributed by atoms with Crippen molar-refractivity contribution >= 4 is 5.97 Å². The number of benzene rings is 1. The Kier molecular flexibility index (Phi) is 5.33. The Labute approximate surface area is 113 Å². The Balaban J connectivity index is 2.28. The van der Waals surface area contributed by atoms with Gasteiger partial charge in [0.15, 0.2) is 0 Å². The average Bonchev–Trinajstić information content (AvgIpc) is 2.33. The van der Waals surface area contributed by atoms with Crippen molar-refractivity contribution in [2.45, 2.75) is 40.0 Å². The number of hydrogen-bond donors (Lipinski definition) is 1. The normalized spacial score (nSPS) is 11.4. The Morgan fingerprint density at radius 1 is 1.37 bits per heavy atom. The van der Waals surface area contributed by atoms with Crippen LogP contribution in [0.5, 0.6) is 5.75 Å². The highest BCUT2D eigenvalue weighted by Gasteiger charge is 2.25. The second-order valence-corrected chi connectivity index (χ2v) is 5.41. The first-order valence-electron chi connectivity index (χ1n) is 6.45. The number of aliphatic carboxylic acids is 1. The molecule has 0 aliphatic heterocycles. The Morgan fingerprint density at radius 2 is 2.05 bits per heavy atom. The molecule has 0 spiro atoms. The zero-order valence-corrected chi connectivity index (χ0v) is 11.7. The van der Waals surface area contributed by atoms with E-state index in [2.05, 4.69) is 0 Å². The Hall–Kier alpha value is -1.58. The van der Waals surface area contributed by atoms with Crippen molar-refractivity contribution in [3.8, 4) is 5.75 Å². The van der Waals surface area contributed by atoms with Gasteiger partial charge in [-0.2, -0.15) is 0 Å². The molecule has 0 amide bonds. The smallest absolute Gasteiger partial charge is 0.309 e. The van der Waals surface area contributed by atoms with E-state index in [9.17, 15) is 9.18 Å². The molecule has 0 saturated heterocycles. The van der Waals surface area contributed by atoms with Crippen LogP contribution < -0.4 is 4.74 Å². The molecule has 0 aliphatic carbocycles. The van der Waals surface area contributed by atoms with Crippen LogP contribution in [-0.4, -0.2) is 17.7 Å². The highest BCUT2D eigenvalue weighted by molar-refractivity contribution is 5.73. The molecule has 1 aromatic carbocycles. The van der Waals surface area contributed by atoms with Gasteiger partial charge in [0.25, 0.3) is 0 Å². The van der Waals surface area contributed by atoms with E-state index in [-0.39, 0.29) is 5.82 Å². The van der Waals surface area contributed by atoms with Gasteiger partial charge in [0.1, 0.15) is 11.6 Å². The average molecular weight is 268 g/mol. The van der Waals surface area contributed by atoms with Crippen molar-refractivity contribution in [2.24, 2.45) is 5.41 Å². The second-order valence-electron chi connectivity index (χ2n) is 5.41. The summed E-state index contributed by atoms with van der Waals surface area (Å²) < 4.78 is 18.7. The lowest BCUT2D eigenvalue weighted by Gasteiger charge is -2.18. The maximum atomic E-state index is 13.3. The van der Waals surface area contributed by atoms with Gasteiger partial charge in [-0.3, -0.25) is 4.79 Å². The predicted octanol–water partition coefficient (Wildman–Crippen LogP) is 3.79. The van der Waals surface area contributed by atoms with Crippen molar-refractivity contribution in [1.29, 1.82) is 0 Å². The number of aryl methyl sites for hydroxylation is 1. The third-order valence-corrected chi connectivity index (χ3v) is 3.19. The quantitative estimate of drug-likeness (QED) is 0.765.